The summed E-state index contributed by atoms with van der Waals surface area (Å²) in [5, 5.41) is 5.98. The van der Waals surface area contributed by atoms with Crippen LogP contribution in [-0.4, -0.2) is 31.0 Å². The van der Waals surface area contributed by atoms with Gasteiger partial charge in [-0.3, -0.25) is 14.9 Å². The highest BCUT2D eigenvalue weighted by Gasteiger charge is 2.13. The SMILES string of the molecule is COc1ccc(C(=O)Nc2nc3ccc(NC(C)=O)cc3s2)cc1OC. The minimum atomic E-state index is -0.299. The molecule has 134 valence electrons. The van der Waals surface area contributed by atoms with E-state index in [2.05, 4.69) is 15.6 Å². The number of benzene rings is 2. The first-order valence-corrected chi connectivity index (χ1v) is 8.53. The lowest BCUT2D eigenvalue weighted by Crippen LogP contribution is -2.11. The Balaban J connectivity index is 1.81. The van der Waals surface area contributed by atoms with E-state index >= 15 is 0 Å². The summed E-state index contributed by atoms with van der Waals surface area (Å²) in [4.78, 5) is 28.0. The normalized spacial score (nSPS) is 10.4. The van der Waals surface area contributed by atoms with Crippen molar-refractivity contribution in [2.75, 3.05) is 24.9 Å². The first-order valence-electron chi connectivity index (χ1n) is 7.71. The summed E-state index contributed by atoms with van der Waals surface area (Å²) >= 11 is 1.33. The molecular weight excluding hydrogens is 354 g/mol. The van der Waals surface area contributed by atoms with Crippen LogP contribution in [0.2, 0.25) is 0 Å². The van der Waals surface area contributed by atoms with Gasteiger partial charge >= 0.3 is 0 Å². The van der Waals surface area contributed by atoms with E-state index in [-0.39, 0.29) is 11.8 Å². The molecule has 0 spiro atoms. The Bertz CT molecular complexity index is 984. The van der Waals surface area contributed by atoms with Crippen molar-refractivity contribution in [1.29, 1.82) is 0 Å². The molecule has 7 nitrogen and oxygen atoms in total. The number of aromatic nitrogens is 1. The van der Waals surface area contributed by atoms with Crippen LogP contribution in [0.3, 0.4) is 0 Å². The van der Waals surface area contributed by atoms with Crippen molar-refractivity contribution in [3.05, 3.63) is 42.0 Å². The third kappa shape index (κ3) is 3.75. The molecule has 2 aromatic carbocycles. The molecule has 0 bridgehead atoms. The number of hydrogen-bond acceptors (Lipinski definition) is 6. The highest BCUT2D eigenvalue weighted by molar-refractivity contribution is 7.22. The minimum Gasteiger partial charge on any atom is -0.493 e. The molecule has 0 aliphatic rings. The molecule has 0 atom stereocenters. The van der Waals surface area contributed by atoms with Gasteiger partial charge in [-0.25, -0.2) is 4.98 Å². The Kier molecular flexibility index (Phi) is 5.04. The average Bonchev–Trinajstić information content (AvgIpc) is 3.01. The van der Waals surface area contributed by atoms with Crippen molar-refractivity contribution in [1.82, 2.24) is 4.98 Å². The highest BCUT2D eigenvalue weighted by atomic mass is 32.1. The van der Waals surface area contributed by atoms with Crippen LogP contribution in [0.5, 0.6) is 11.5 Å². The zero-order valence-corrected chi connectivity index (χ0v) is 15.3. The van der Waals surface area contributed by atoms with Gasteiger partial charge in [0, 0.05) is 18.2 Å². The van der Waals surface area contributed by atoms with Crippen LogP contribution < -0.4 is 20.1 Å². The molecule has 8 heteroatoms. The highest BCUT2D eigenvalue weighted by Crippen LogP contribution is 2.30. The zero-order valence-electron chi connectivity index (χ0n) is 14.5. The number of hydrogen-bond donors (Lipinski definition) is 2. The number of methoxy groups -OCH3 is 2. The van der Waals surface area contributed by atoms with E-state index in [0.717, 1.165) is 10.2 Å². The molecule has 1 heterocycles. The molecule has 26 heavy (non-hydrogen) atoms. The molecule has 0 unspecified atom stereocenters. The van der Waals surface area contributed by atoms with Gasteiger partial charge in [-0.1, -0.05) is 11.3 Å². The fraction of sp³-hybridized carbons (Fsp3) is 0.167. The second kappa shape index (κ2) is 7.40. The summed E-state index contributed by atoms with van der Waals surface area (Å²) in [6, 6.07) is 10.3. The standard InChI is InChI=1S/C18H17N3O4S/c1-10(22)19-12-5-6-13-16(9-12)26-18(20-13)21-17(23)11-4-7-14(24-2)15(8-11)25-3/h4-9H,1-3H3,(H,19,22)(H,20,21,23). The van der Waals surface area contributed by atoms with Crippen molar-refractivity contribution in [2.24, 2.45) is 0 Å². The number of anilines is 2. The zero-order chi connectivity index (χ0) is 18.7. The van der Waals surface area contributed by atoms with E-state index in [0.29, 0.717) is 27.9 Å². The van der Waals surface area contributed by atoms with Gasteiger partial charge in [0.15, 0.2) is 16.6 Å². The molecule has 3 rings (SSSR count). The fourth-order valence-electron chi connectivity index (χ4n) is 2.41. The number of carbonyl (C=O) groups is 2. The van der Waals surface area contributed by atoms with Crippen LogP contribution in [0.15, 0.2) is 36.4 Å². The summed E-state index contributed by atoms with van der Waals surface area (Å²) in [5.41, 5.74) is 1.86. The van der Waals surface area contributed by atoms with Crippen LogP contribution in [0.4, 0.5) is 10.8 Å². The molecule has 0 aliphatic heterocycles. The number of carbonyl (C=O) groups excluding carboxylic acids is 2. The maximum Gasteiger partial charge on any atom is 0.257 e. The fourth-order valence-corrected chi connectivity index (χ4v) is 3.31. The van der Waals surface area contributed by atoms with Gasteiger partial charge in [0.2, 0.25) is 5.91 Å². The van der Waals surface area contributed by atoms with Crippen molar-refractivity contribution in [3.8, 4) is 11.5 Å². The van der Waals surface area contributed by atoms with Crippen LogP contribution in [0.25, 0.3) is 10.2 Å². The van der Waals surface area contributed by atoms with E-state index in [1.165, 1.54) is 32.5 Å². The lowest BCUT2D eigenvalue weighted by atomic mass is 10.2. The Morgan fingerprint density at radius 1 is 1.00 bits per heavy atom. The van der Waals surface area contributed by atoms with Crippen molar-refractivity contribution >= 4 is 44.2 Å². The predicted octanol–water partition coefficient (Wildman–Crippen LogP) is 3.52. The first-order chi connectivity index (χ1) is 12.5. The topological polar surface area (TPSA) is 89.5 Å². The van der Waals surface area contributed by atoms with Gasteiger partial charge in [-0.05, 0) is 36.4 Å². The van der Waals surface area contributed by atoms with Gasteiger partial charge in [-0.15, -0.1) is 0 Å². The molecule has 0 radical (unpaired) electrons. The Morgan fingerprint density at radius 2 is 1.77 bits per heavy atom. The van der Waals surface area contributed by atoms with E-state index in [9.17, 15) is 9.59 Å². The molecule has 0 aliphatic carbocycles. The van der Waals surface area contributed by atoms with Gasteiger partial charge < -0.3 is 14.8 Å². The Morgan fingerprint density at radius 3 is 2.46 bits per heavy atom. The van der Waals surface area contributed by atoms with E-state index < -0.39 is 0 Å². The predicted molar refractivity (Wildman–Crippen MR) is 101 cm³/mol. The van der Waals surface area contributed by atoms with Gasteiger partial charge in [-0.2, -0.15) is 0 Å². The largest absolute Gasteiger partial charge is 0.493 e. The summed E-state index contributed by atoms with van der Waals surface area (Å²) in [5.74, 6) is 0.585. The maximum atomic E-state index is 12.5. The average molecular weight is 371 g/mol. The number of amides is 2. The molecule has 2 amide bonds. The van der Waals surface area contributed by atoms with Crippen LogP contribution >= 0.6 is 11.3 Å². The Hall–Kier alpha value is -3.13. The molecule has 0 saturated heterocycles. The minimum absolute atomic E-state index is 0.143. The molecule has 0 saturated carbocycles. The smallest absolute Gasteiger partial charge is 0.257 e. The van der Waals surface area contributed by atoms with Gasteiger partial charge in [0.1, 0.15) is 0 Å². The summed E-state index contributed by atoms with van der Waals surface area (Å²) in [6.07, 6.45) is 0. The van der Waals surface area contributed by atoms with Gasteiger partial charge in [0.25, 0.3) is 5.91 Å². The molecule has 2 N–H and O–H groups in total. The summed E-state index contributed by atoms with van der Waals surface area (Å²) in [6.45, 7) is 1.45. The number of rotatable bonds is 5. The number of thiazole rings is 1. The third-order valence-electron chi connectivity index (χ3n) is 3.57. The number of nitrogens with one attached hydrogen (secondary N) is 2. The monoisotopic (exact) mass is 371 g/mol. The lowest BCUT2D eigenvalue weighted by molar-refractivity contribution is -0.114. The first kappa shape index (κ1) is 17.7. The molecule has 3 aromatic rings. The van der Waals surface area contributed by atoms with Gasteiger partial charge in [0.05, 0.1) is 24.4 Å². The van der Waals surface area contributed by atoms with E-state index in [1.54, 1.807) is 30.3 Å². The van der Waals surface area contributed by atoms with E-state index in [4.69, 9.17) is 9.47 Å². The second-order valence-electron chi connectivity index (χ2n) is 5.41. The second-order valence-corrected chi connectivity index (χ2v) is 6.44. The Labute approximate surface area is 154 Å². The van der Waals surface area contributed by atoms with Crippen molar-refractivity contribution in [2.45, 2.75) is 6.92 Å². The van der Waals surface area contributed by atoms with E-state index in [1.807, 2.05) is 6.07 Å². The van der Waals surface area contributed by atoms with Crippen LogP contribution in [-0.2, 0) is 4.79 Å². The molecule has 1 aromatic heterocycles. The lowest BCUT2D eigenvalue weighted by Gasteiger charge is -2.09. The summed E-state index contributed by atoms with van der Waals surface area (Å²) < 4.78 is 11.2. The number of nitrogens with zero attached hydrogens (tertiary/aromatic N) is 1. The van der Waals surface area contributed by atoms with Crippen molar-refractivity contribution < 1.29 is 19.1 Å². The molecular formula is C18H17N3O4S. The van der Waals surface area contributed by atoms with Crippen LogP contribution in [0, 0.1) is 0 Å². The van der Waals surface area contributed by atoms with Crippen LogP contribution in [0.1, 0.15) is 17.3 Å². The third-order valence-corrected chi connectivity index (χ3v) is 4.51. The van der Waals surface area contributed by atoms with Crippen molar-refractivity contribution in [3.63, 3.8) is 0 Å². The number of fused-ring (bicyclic) bond motifs is 1. The summed E-state index contributed by atoms with van der Waals surface area (Å²) in [7, 11) is 3.05. The maximum absolute atomic E-state index is 12.5. The number of ether oxygens (including phenoxy) is 2. The quantitative estimate of drug-likeness (QED) is 0.716. The molecule has 0 fully saturated rings.